The molecule has 0 spiro atoms. The van der Waals surface area contributed by atoms with Gasteiger partial charge < -0.3 is 8.83 Å². The summed E-state index contributed by atoms with van der Waals surface area (Å²) < 4.78 is 12.7. The lowest BCUT2D eigenvalue weighted by molar-refractivity contribution is -0.120. The molecule has 9 heteroatoms. The molecule has 0 fully saturated rings. The number of fused-ring (bicyclic) bond motifs is 3. The van der Waals surface area contributed by atoms with Crippen molar-refractivity contribution in [1.29, 1.82) is 0 Å². The number of hydrogen-bond acceptors (Lipinski definition) is 7. The highest BCUT2D eigenvalue weighted by Crippen LogP contribution is 2.32. The molecule has 0 aliphatic heterocycles. The van der Waals surface area contributed by atoms with Crippen LogP contribution >= 0.6 is 11.3 Å². The summed E-state index contributed by atoms with van der Waals surface area (Å²) in [6.07, 6.45) is 3.99. The summed E-state index contributed by atoms with van der Waals surface area (Å²) in [4.78, 5) is 30.3. The summed E-state index contributed by atoms with van der Waals surface area (Å²) in [6, 6.07) is 11.7. The minimum absolute atomic E-state index is 0.152. The smallest absolute Gasteiger partial charge is 0.293 e. The molecule has 2 N–H and O–H groups in total. The van der Waals surface area contributed by atoms with Crippen molar-refractivity contribution in [3.63, 3.8) is 0 Å². The van der Waals surface area contributed by atoms with Gasteiger partial charge >= 0.3 is 0 Å². The molecule has 2 aromatic carbocycles. The van der Waals surface area contributed by atoms with Gasteiger partial charge in [0.25, 0.3) is 5.91 Å². The van der Waals surface area contributed by atoms with Crippen LogP contribution < -0.4 is 10.7 Å². The number of carbonyl (C=O) groups excluding carboxylic acids is 2. The second kappa shape index (κ2) is 9.57. The number of thiazole rings is 1. The molecule has 0 saturated carbocycles. The molecule has 1 aliphatic rings. The number of hydrazone groups is 1. The van der Waals surface area contributed by atoms with E-state index >= 15 is 0 Å². The third-order valence-corrected chi connectivity index (χ3v) is 8.01. The second-order valence-electron chi connectivity index (χ2n) is 9.56. The molecule has 6 rings (SSSR count). The topological polar surface area (TPSA) is 110 Å². The number of para-hydroxylation sites is 1. The Kier molecular flexibility index (Phi) is 6.07. The van der Waals surface area contributed by atoms with Crippen molar-refractivity contribution in [3.05, 3.63) is 82.0 Å². The predicted octanol–water partition coefficient (Wildman–Crippen LogP) is 6.21. The molecule has 0 atom stereocenters. The van der Waals surface area contributed by atoms with Crippen molar-refractivity contribution in [2.24, 2.45) is 5.10 Å². The van der Waals surface area contributed by atoms with E-state index in [2.05, 4.69) is 20.8 Å². The number of aromatic nitrogens is 1. The van der Waals surface area contributed by atoms with Crippen LogP contribution in [0.5, 0.6) is 0 Å². The number of nitrogens with one attached hydrogen (secondary N) is 2. The van der Waals surface area contributed by atoms with E-state index in [0.717, 1.165) is 49.9 Å². The maximum Gasteiger partial charge on any atom is 0.293 e. The van der Waals surface area contributed by atoms with Crippen LogP contribution in [0.1, 0.15) is 57.0 Å². The summed E-state index contributed by atoms with van der Waals surface area (Å²) in [5.74, 6) is 0.366. The van der Waals surface area contributed by atoms with Gasteiger partial charge in [0.1, 0.15) is 11.3 Å². The number of hydrogen-bond donors (Lipinski definition) is 2. The van der Waals surface area contributed by atoms with Crippen LogP contribution in [0.25, 0.3) is 21.2 Å². The minimum Gasteiger partial charge on any atom is -0.464 e. The van der Waals surface area contributed by atoms with Crippen molar-refractivity contribution >= 4 is 55.2 Å². The molecule has 3 aromatic heterocycles. The third kappa shape index (κ3) is 4.28. The maximum absolute atomic E-state index is 13.1. The average molecular weight is 527 g/mol. The Bertz CT molecular complexity index is 1720. The van der Waals surface area contributed by atoms with Crippen LogP contribution in [0.3, 0.4) is 0 Å². The Morgan fingerprint density at radius 1 is 1.08 bits per heavy atom. The number of amides is 2. The van der Waals surface area contributed by atoms with E-state index in [9.17, 15) is 9.59 Å². The molecular formula is C29H26N4O4S. The van der Waals surface area contributed by atoms with Gasteiger partial charge in [0.15, 0.2) is 10.9 Å². The fourth-order valence-corrected chi connectivity index (χ4v) is 5.80. The molecule has 192 valence electrons. The number of furan rings is 2. The molecule has 0 unspecified atom stereocenters. The highest BCUT2D eigenvalue weighted by Gasteiger charge is 2.28. The summed E-state index contributed by atoms with van der Waals surface area (Å²) in [5, 5.41) is 8.77. The molecule has 3 heterocycles. The average Bonchev–Trinajstić information content (AvgIpc) is 3.60. The molecule has 5 aromatic rings. The Labute approximate surface area is 222 Å². The first kappa shape index (κ1) is 24.1. The lowest BCUT2D eigenvalue weighted by Gasteiger charge is -2.13. The second-order valence-corrected chi connectivity index (χ2v) is 10.6. The SMILES string of the molecule is Cc1ccc2c(CC(=O)N/N=C3\CCCc4oc(C(=O)Nc5nc6ccccc6s5)c(C)c43)coc2c1C. The fourth-order valence-electron chi connectivity index (χ4n) is 4.94. The molecule has 38 heavy (non-hydrogen) atoms. The van der Waals surface area contributed by atoms with Crippen molar-refractivity contribution in [1.82, 2.24) is 10.4 Å². The van der Waals surface area contributed by atoms with Crippen molar-refractivity contribution in [2.75, 3.05) is 5.32 Å². The number of anilines is 1. The van der Waals surface area contributed by atoms with Gasteiger partial charge in [0.05, 0.1) is 28.6 Å². The number of aryl methyl sites for hydroxylation is 3. The van der Waals surface area contributed by atoms with Gasteiger partial charge in [-0.1, -0.05) is 35.6 Å². The van der Waals surface area contributed by atoms with E-state index in [0.29, 0.717) is 35.0 Å². The first-order chi connectivity index (χ1) is 18.4. The Morgan fingerprint density at radius 3 is 2.76 bits per heavy atom. The van der Waals surface area contributed by atoms with E-state index < -0.39 is 0 Å². The minimum atomic E-state index is -0.350. The Hall–Kier alpha value is -4.24. The standard InChI is InChI=1S/C29H26N4O4S/c1-15-11-12-19-18(14-36-26(19)16(15)2)13-24(34)33-32-21-8-6-9-22-25(21)17(3)27(37-22)28(35)31-29-30-20-7-4-5-10-23(20)38-29/h4-5,7,10-12,14H,6,8-9,13H2,1-3H3,(H,33,34)(H,30,31,35)/b32-21+. The first-order valence-electron chi connectivity index (χ1n) is 12.5. The predicted molar refractivity (Wildman–Crippen MR) is 148 cm³/mol. The number of rotatable bonds is 5. The molecular weight excluding hydrogens is 500 g/mol. The van der Waals surface area contributed by atoms with Crippen LogP contribution in [-0.2, 0) is 17.6 Å². The highest BCUT2D eigenvalue weighted by atomic mass is 32.1. The molecule has 8 nitrogen and oxygen atoms in total. The van der Waals surface area contributed by atoms with E-state index in [1.807, 2.05) is 57.2 Å². The first-order valence-corrected chi connectivity index (χ1v) is 13.3. The van der Waals surface area contributed by atoms with Gasteiger partial charge in [-0.15, -0.1) is 0 Å². The Balaban J connectivity index is 1.20. The van der Waals surface area contributed by atoms with Gasteiger partial charge in [0.2, 0.25) is 5.91 Å². The van der Waals surface area contributed by atoms with Gasteiger partial charge in [-0.3, -0.25) is 14.9 Å². The zero-order valence-corrected chi connectivity index (χ0v) is 22.1. The zero-order chi connectivity index (χ0) is 26.4. The van der Waals surface area contributed by atoms with Crippen molar-refractivity contribution in [3.8, 4) is 0 Å². The molecule has 0 radical (unpaired) electrons. The van der Waals surface area contributed by atoms with E-state index in [1.165, 1.54) is 11.3 Å². The Morgan fingerprint density at radius 2 is 1.92 bits per heavy atom. The monoisotopic (exact) mass is 526 g/mol. The molecule has 0 saturated heterocycles. The van der Waals surface area contributed by atoms with Crippen LogP contribution in [0.2, 0.25) is 0 Å². The van der Waals surface area contributed by atoms with Gasteiger partial charge in [-0.05, 0) is 56.9 Å². The largest absolute Gasteiger partial charge is 0.464 e. The van der Waals surface area contributed by atoms with Crippen LogP contribution in [0.4, 0.5) is 5.13 Å². The van der Waals surface area contributed by atoms with E-state index in [-0.39, 0.29) is 24.0 Å². The highest BCUT2D eigenvalue weighted by molar-refractivity contribution is 7.22. The van der Waals surface area contributed by atoms with Gasteiger partial charge in [-0.25, -0.2) is 10.4 Å². The zero-order valence-electron chi connectivity index (χ0n) is 21.3. The summed E-state index contributed by atoms with van der Waals surface area (Å²) >= 11 is 1.41. The van der Waals surface area contributed by atoms with E-state index in [4.69, 9.17) is 8.83 Å². The number of carbonyl (C=O) groups is 2. The van der Waals surface area contributed by atoms with Gasteiger partial charge in [0, 0.05) is 28.5 Å². The normalized spacial score (nSPS) is 14.2. The van der Waals surface area contributed by atoms with Gasteiger partial charge in [-0.2, -0.15) is 5.10 Å². The summed E-state index contributed by atoms with van der Waals surface area (Å²) in [7, 11) is 0. The van der Waals surface area contributed by atoms with E-state index in [1.54, 1.807) is 6.26 Å². The summed E-state index contributed by atoms with van der Waals surface area (Å²) in [6.45, 7) is 5.89. The molecule has 2 amide bonds. The van der Waals surface area contributed by atoms with Crippen LogP contribution in [0.15, 0.2) is 56.6 Å². The lowest BCUT2D eigenvalue weighted by atomic mass is 9.93. The lowest BCUT2D eigenvalue weighted by Crippen LogP contribution is -2.23. The summed E-state index contributed by atoms with van der Waals surface area (Å²) in [5.41, 5.74) is 9.59. The van der Waals surface area contributed by atoms with Crippen LogP contribution in [-0.4, -0.2) is 22.5 Å². The fraction of sp³-hybridized carbons (Fsp3) is 0.241. The molecule has 0 bridgehead atoms. The maximum atomic E-state index is 13.1. The van der Waals surface area contributed by atoms with Crippen molar-refractivity contribution in [2.45, 2.75) is 46.5 Å². The third-order valence-electron chi connectivity index (χ3n) is 7.05. The quantitative estimate of drug-likeness (QED) is 0.265. The number of nitrogens with zero attached hydrogens (tertiary/aromatic N) is 2. The van der Waals surface area contributed by atoms with Crippen LogP contribution in [0, 0.1) is 20.8 Å². The molecule has 1 aliphatic carbocycles. The number of benzene rings is 2. The van der Waals surface area contributed by atoms with Crippen molar-refractivity contribution < 1.29 is 18.4 Å².